The highest BCUT2D eigenvalue weighted by atomic mass is 16.2. The molecule has 0 aromatic rings. The number of hydrogen-bond acceptors (Lipinski definition) is 3. The first-order valence-electron chi connectivity index (χ1n) is 5.02. The molecule has 0 heterocycles. The lowest BCUT2D eigenvalue weighted by atomic mass is 9.76. The van der Waals surface area contributed by atoms with E-state index in [1.807, 2.05) is 6.92 Å². The third kappa shape index (κ3) is 2.08. The molecule has 0 saturated heterocycles. The van der Waals surface area contributed by atoms with E-state index in [0.29, 0.717) is 12.8 Å². The van der Waals surface area contributed by atoms with Gasteiger partial charge in [0.05, 0.1) is 0 Å². The molecule has 0 amide bonds. The van der Waals surface area contributed by atoms with Gasteiger partial charge in [0.15, 0.2) is 17.3 Å². The molecule has 3 heteroatoms. The van der Waals surface area contributed by atoms with Crippen molar-refractivity contribution in [1.82, 2.24) is 0 Å². The molecule has 3 nitrogen and oxygen atoms in total. The normalized spacial score (nSPS) is 28.3. The molecule has 1 fully saturated rings. The van der Waals surface area contributed by atoms with Crippen molar-refractivity contribution in [2.24, 2.45) is 17.8 Å². The summed E-state index contributed by atoms with van der Waals surface area (Å²) in [6.45, 7) is 5.31. The Kier molecular flexibility index (Phi) is 3.19. The molecule has 1 aliphatic carbocycles. The predicted molar refractivity (Wildman–Crippen MR) is 51.7 cm³/mol. The zero-order valence-corrected chi connectivity index (χ0v) is 8.87. The largest absolute Gasteiger partial charge is 0.298 e. The van der Waals surface area contributed by atoms with E-state index >= 15 is 0 Å². The molecule has 78 valence electrons. The van der Waals surface area contributed by atoms with Crippen LogP contribution in [0.5, 0.6) is 0 Å². The van der Waals surface area contributed by atoms with E-state index in [1.54, 1.807) is 13.8 Å². The summed E-state index contributed by atoms with van der Waals surface area (Å²) >= 11 is 0. The first-order chi connectivity index (χ1) is 6.43. The first-order valence-corrected chi connectivity index (χ1v) is 5.02. The van der Waals surface area contributed by atoms with Gasteiger partial charge in [-0.25, -0.2) is 0 Å². The Morgan fingerprint density at radius 1 is 1.21 bits per heavy atom. The second-order valence-corrected chi connectivity index (χ2v) is 4.44. The Labute approximate surface area is 83.9 Å². The standard InChI is InChI=1S/C11H16O3/c1-6(2)11(14)10-8(12)4-7(3)5-9(10)13/h6-7,10H,4-5H2,1-3H3. The molecule has 0 aromatic heterocycles. The average Bonchev–Trinajstić information content (AvgIpc) is 2.01. The number of carbonyl (C=O) groups is 3. The van der Waals surface area contributed by atoms with Crippen molar-refractivity contribution in [2.75, 3.05) is 0 Å². The van der Waals surface area contributed by atoms with Crippen molar-refractivity contribution in [3.8, 4) is 0 Å². The molecule has 1 rings (SSSR count). The van der Waals surface area contributed by atoms with Gasteiger partial charge in [-0.05, 0) is 5.92 Å². The van der Waals surface area contributed by atoms with Crippen molar-refractivity contribution in [1.29, 1.82) is 0 Å². The van der Waals surface area contributed by atoms with Gasteiger partial charge in [-0.1, -0.05) is 20.8 Å². The minimum Gasteiger partial charge on any atom is -0.298 e. The maximum Gasteiger partial charge on any atom is 0.153 e. The van der Waals surface area contributed by atoms with E-state index in [0.717, 1.165) is 0 Å². The van der Waals surface area contributed by atoms with Crippen molar-refractivity contribution in [3.63, 3.8) is 0 Å². The molecule has 0 radical (unpaired) electrons. The summed E-state index contributed by atoms with van der Waals surface area (Å²) in [5, 5.41) is 0. The third-order valence-corrected chi connectivity index (χ3v) is 2.60. The van der Waals surface area contributed by atoms with Crippen molar-refractivity contribution < 1.29 is 14.4 Å². The SMILES string of the molecule is CC1CC(=O)C(C(=O)C(C)C)C(=O)C1. The molecule has 1 aliphatic rings. The van der Waals surface area contributed by atoms with Gasteiger partial charge in [0.25, 0.3) is 0 Å². The van der Waals surface area contributed by atoms with E-state index in [2.05, 4.69) is 0 Å². The zero-order valence-electron chi connectivity index (χ0n) is 8.87. The van der Waals surface area contributed by atoms with Gasteiger partial charge >= 0.3 is 0 Å². The van der Waals surface area contributed by atoms with Gasteiger partial charge in [-0.3, -0.25) is 14.4 Å². The summed E-state index contributed by atoms with van der Waals surface area (Å²) in [6, 6.07) is 0. The van der Waals surface area contributed by atoms with Crippen LogP contribution in [0.4, 0.5) is 0 Å². The van der Waals surface area contributed by atoms with Crippen LogP contribution >= 0.6 is 0 Å². The Morgan fingerprint density at radius 3 is 2.00 bits per heavy atom. The molecule has 0 aromatic carbocycles. The smallest absolute Gasteiger partial charge is 0.153 e. The van der Waals surface area contributed by atoms with Crippen LogP contribution < -0.4 is 0 Å². The van der Waals surface area contributed by atoms with Crippen LogP contribution in [-0.4, -0.2) is 17.3 Å². The molecule has 0 spiro atoms. The number of carbonyl (C=O) groups excluding carboxylic acids is 3. The van der Waals surface area contributed by atoms with Gasteiger partial charge in [0.2, 0.25) is 0 Å². The summed E-state index contributed by atoms with van der Waals surface area (Å²) in [7, 11) is 0. The predicted octanol–water partition coefficient (Wildman–Crippen LogP) is 1.40. The molecule has 0 bridgehead atoms. The van der Waals surface area contributed by atoms with E-state index in [1.165, 1.54) is 0 Å². The highest BCUT2D eigenvalue weighted by molar-refractivity contribution is 6.21. The van der Waals surface area contributed by atoms with Crippen molar-refractivity contribution in [3.05, 3.63) is 0 Å². The first kappa shape index (κ1) is 11.1. The number of rotatable bonds is 2. The summed E-state index contributed by atoms with van der Waals surface area (Å²) in [6.07, 6.45) is 0.740. The van der Waals surface area contributed by atoms with E-state index in [9.17, 15) is 14.4 Å². The topological polar surface area (TPSA) is 51.2 Å². The lowest BCUT2D eigenvalue weighted by Crippen LogP contribution is -2.39. The maximum atomic E-state index is 11.6. The summed E-state index contributed by atoms with van der Waals surface area (Å²) in [5.41, 5.74) is 0. The molecule has 14 heavy (non-hydrogen) atoms. The lowest BCUT2D eigenvalue weighted by molar-refractivity contribution is -0.144. The van der Waals surface area contributed by atoms with Crippen LogP contribution in [0.3, 0.4) is 0 Å². The minimum absolute atomic E-state index is 0.103. The Balaban J connectivity index is 2.83. The molecule has 1 saturated carbocycles. The van der Waals surface area contributed by atoms with Crippen LogP contribution in [0, 0.1) is 17.8 Å². The van der Waals surface area contributed by atoms with E-state index in [-0.39, 0.29) is 29.2 Å². The second-order valence-electron chi connectivity index (χ2n) is 4.44. The molecule has 0 unspecified atom stereocenters. The number of Topliss-reactive ketones (excluding diaryl/α,β-unsaturated/α-hetero) is 3. The van der Waals surface area contributed by atoms with E-state index in [4.69, 9.17) is 0 Å². The Morgan fingerprint density at radius 2 is 1.64 bits per heavy atom. The Hall–Kier alpha value is -0.990. The second kappa shape index (κ2) is 4.03. The molecule has 0 N–H and O–H groups in total. The van der Waals surface area contributed by atoms with Crippen molar-refractivity contribution in [2.45, 2.75) is 33.6 Å². The number of hydrogen-bond donors (Lipinski definition) is 0. The summed E-state index contributed by atoms with van der Waals surface area (Å²) < 4.78 is 0. The lowest BCUT2D eigenvalue weighted by Gasteiger charge is -2.23. The highest BCUT2D eigenvalue weighted by Gasteiger charge is 2.39. The van der Waals surface area contributed by atoms with Crippen LogP contribution in [-0.2, 0) is 14.4 Å². The molecular weight excluding hydrogens is 180 g/mol. The fourth-order valence-corrected chi connectivity index (χ4v) is 1.82. The highest BCUT2D eigenvalue weighted by Crippen LogP contribution is 2.25. The molecule has 0 aliphatic heterocycles. The van der Waals surface area contributed by atoms with Gasteiger partial charge in [-0.2, -0.15) is 0 Å². The summed E-state index contributed by atoms with van der Waals surface area (Å²) in [4.78, 5) is 34.6. The fourth-order valence-electron chi connectivity index (χ4n) is 1.82. The average molecular weight is 196 g/mol. The molecular formula is C11H16O3. The van der Waals surface area contributed by atoms with E-state index < -0.39 is 5.92 Å². The minimum atomic E-state index is -0.953. The van der Waals surface area contributed by atoms with Crippen LogP contribution in [0.2, 0.25) is 0 Å². The van der Waals surface area contributed by atoms with Crippen LogP contribution in [0.25, 0.3) is 0 Å². The third-order valence-electron chi connectivity index (χ3n) is 2.60. The van der Waals surface area contributed by atoms with Crippen LogP contribution in [0.1, 0.15) is 33.6 Å². The molecule has 0 atom stereocenters. The van der Waals surface area contributed by atoms with Gasteiger partial charge < -0.3 is 0 Å². The maximum absolute atomic E-state index is 11.6. The Bertz CT molecular complexity index is 260. The van der Waals surface area contributed by atoms with Crippen LogP contribution in [0.15, 0.2) is 0 Å². The van der Waals surface area contributed by atoms with Gasteiger partial charge in [0, 0.05) is 18.8 Å². The quantitative estimate of drug-likeness (QED) is 0.627. The summed E-state index contributed by atoms with van der Waals surface area (Å²) in [5.74, 6) is -1.68. The fraction of sp³-hybridized carbons (Fsp3) is 0.727. The van der Waals surface area contributed by atoms with Crippen molar-refractivity contribution >= 4 is 17.3 Å². The monoisotopic (exact) mass is 196 g/mol. The number of ketones is 3. The van der Waals surface area contributed by atoms with Gasteiger partial charge in [0.1, 0.15) is 5.92 Å². The zero-order chi connectivity index (χ0) is 10.9. The van der Waals surface area contributed by atoms with Gasteiger partial charge in [-0.15, -0.1) is 0 Å².